The molecule has 162 valence electrons. The van der Waals surface area contributed by atoms with Gasteiger partial charge in [-0.3, -0.25) is 9.48 Å². The van der Waals surface area contributed by atoms with Crippen LogP contribution in [0.4, 0.5) is 10.2 Å². The molecule has 1 aromatic carbocycles. The second-order valence-corrected chi connectivity index (χ2v) is 8.30. The number of ether oxygens (including phenoxy) is 1. The molecule has 1 fully saturated rings. The Morgan fingerprint density at radius 1 is 1.39 bits per heavy atom. The van der Waals surface area contributed by atoms with Crippen LogP contribution >= 0.6 is 23.2 Å². The smallest absolute Gasteiger partial charge is 0.306 e. The van der Waals surface area contributed by atoms with Gasteiger partial charge in [0.05, 0.1) is 17.1 Å². The Bertz CT molecular complexity index is 1150. The van der Waals surface area contributed by atoms with Crippen LogP contribution in [0.5, 0.6) is 5.75 Å². The molecule has 0 spiro atoms. The minimum Gasteiger partial charge on any atom is -0.482 e. The number of nitrogens with two attached hydrogens (primary N) is 1. The molecule has 0 saturated heterocycles. The Kier molecular flexibility index (Phi) is 5.77. The fourth-order valence-electron chi connectivity index (χ4n) is 3.48. The molecule has 0 aliphatic heterocycles. The zero-order valence-corrected chi connectivity index (χ0v) is 17.9. The lowest BCUT2D eigenvalue weighted by Gasteiger charge is -2.19. The van der Waals surface area contributed by atoms with E-state index in [9.17, 15) is 9.18 Å². The van der Waals surface area contributed by atoms with Crippen molar-refractivity contribution in [2.75, 3.05) is 5.73 Å². The molecule has 0 bridgehead atoms. The lowest BCUT2D eigenvalue weighted by molar-refractivity contribution is -0.138. The van der Waals surface area contributed by atoms with Crippen LogP contribution in [0.25, 0.3) is 11.1 Å². The van der Waals surface area contributed by atoms with Gasteiger partial charge in [-0.2, -0.15) is 5.10 Å². The third-order valence-electron chi connectivity index (χ3n) is 5.30. The maximum Gasteiger partial charge on any atom is 0.306 e. The van der Waals surface area contributed by atoms with Crippen LogP contribution in [0.2, 0.25) is 10.0 Å². The topological polar surface area (TPSA) is 103 Å². The number of hydrogen-bond acceptors (Lipinski definition) is 5. The van der Waals surface area contributed by atoms with E-state index in [0.29, 0.717) is 29.8 Å². The molecule has 10 heteroatoms. The Hall–Kier alpha value is -2.84. The molecule has 2 aromatic heterocycles. The van der Waals surface area contributed by atoms with E-state index in [0.717, 1.165) is 5.56 Å². The van der Waals surface area contributed by atoms with E-state index in [-0.39, 0.29) is 27.7 Å². The summed E-state index contributed by atoms with van der Waals surface area (Å²) in [6, 6.07) is 4.31. The van der Waals surface area contributed by atoms with Crippen molar-refractivity contribution in [3.8, 4) is 16.9 Å². The van der Waals surface area contributed by atoms with Crippen LogP contribution in [0.1, 0.15) is 25.0 Å². The highest BCUT2D eigenvalue weighted by Gasteiger charge is 2.43. The van der Waals surface area contributed by atoms with Crippen LogP contribution in [0, 0.1) is 17.7 Å². The SMILES string of the molecule is CC(Oc1cc(-c2cnn(CC3CC3C(=O)O)c2)cnc1N)c1c(Cl)ccc(F)c1Cl. The van der Waals surface area contributed by atoms with Crippen LogP contribution < -0.4 is 10.5 Å². The van der Waals surface area contributed by atoms with Crippen molar-refractivity contribution in [2.24, 2.45) is 11.8 Å². The van der Waals surface area contributed by atoms with E-state index in [2.05, 4.69) is 10.1 Å². The van der Waals surface area contributed by atoms with Gasteiger partial charge < -0.3 is 15.6 Å². The van der Waals surface area contributed by atoms with Crippen LogP contribution in [-0.2, 0) is 11.3 Å². The number of rotatable bonds is 7. The Morgan fingerprint density at radius 3 is 2.87 bits per heavy atom. The van der Waals surface area contributed by atoms with Gasteiger partial charge in [0.2, 0.25) is 0 Å². The minimum atomic E-state index is -0.769. The van der Waals surface area contributed by atoms with E-state index in [1.165, 1.54) is 12.1 Å². The zero-order chi connectivity index (χ0) is 22.3. The molecular formula is C21H19Cl2FN4O3. The third-order valence-corrected chi connectivity index (χ3v) is 6.01. The molecule has 7 nitrogen and oxygen atoms in total. The van der Waals surface area contributed by atoms with Gasteiger partial charge in [-0.15, -0.1) is 0 Å². The first kappa shape index (κ1) is 21.4. The van der Waals surface area contributed by atoms with Crippen LogP contribution in [-0.4, -0.2) is 25.8 Å². The summed E-state index contributed by atoms with van der Waals surface area (Å²) in [4.78, 5) is 15.2. The Balaban J connectivity index is 1.53. The Morgan fingerprint density at radius 2 is 2.16 bits per heavy atom. The number of aliphatic carboxylic acids is 1. The highest BCUT2D eigenvalue weighted by atomic mass is 35.5. The third kappa shape index (κ3) is 4.45. The number of carboxylic acids is 1. The number of nitrogens with zero attached hydrogens (tertiary/aromatic N) is 3. The first-order valence-corrected chi connectivity index (χ1v) is 10.3. The minimum absolute atomic E-state index is 0.0929. The quantitative estimate of drug-likeness (QED) is 0.485. The molecule has 1 aliphatic carbocycles. The molecule has 1 saturated carbocycles. The average Bonchev–Trinajstić information content (AvgIpc) is 3.34. The van der Waals surface area contributed by atoms with Crippen molar-refractivity contribution in [3.63, 3.8) is 0 Å². The summed E-state index contributed by atoms with van der Waals surface area (Å²) in [7, 11) is 0. The number of halogens is 3. The van der Waals surface area contributed by atoms with Gasteiger partial charge in [-0.1, -0.05) is 23.2 Å². The summed E-state index contributed by atoms with van der Waals surface area (Å²) in [5.41, 5.74) is 7.78. The van der Waals surface area contributed by atoms with E-state index in [1.807, 2.05) is 6.20 Å². The molecule has 3 aromatic rings. The van der Waals surface area contributed by atoms with Crippen molar-refractivity contribution >= 4 is 35.0 Å². The first-order valence-electron chi connectivity index (χ1n) is 9.55. The molecule has 3 atom stereocenters. The van der Waals surface area contributed by atoms with Crippen molar-refractivity contribution in [2.45, 2.75) is 26.0 Å². The summed E-state index contributed by atoms with van der Waals surface area (Å²) in [5, 5.41) is 13.5. The second kappa shape index (κ2) is 8.36. The lowest BCUT2D eigenvalue weighted by atomic mass is 10.1. The monoisotopic (exact) mass is 464 g/mol. The summed E-state index contributed by atoms with van der Waals surface area (Å²) in [6.45, 7) is 2.22. The van der Waals surface area contributed by atoms with Crippen LogP contribution in [0.3, 0.4) is 0 Å². The number of hydrogen-bond donors (Lipinski definition) is 2. The fraction of sp³-hybridized carbons (Fsp3) is 0.286. The van der Waals surface area contributed by atoms with E-state index >= 15 is 0 Å². The molecule has 2 heterocycles. The van der Waals surface area contributed by atoms with Crippen LogP contribution in [0.15, 0.2) is 36.8 Å². The number of anilines is 1. The number of pyridine rings is 1. The summed E-state index contributed by atoms with van der Waals surface area (Å²) >= 11 is 12.3. The first-order chi connectivity index (χ1) is 14.7. The highest BCUT2D eigenvalue weighted by Crippen LogP contribution is 2.40. The van der Waals surface area contributed by atoms with Gasteiger partial charge in [0.25, 0.3) is 0 Å². The van der Waals surface area contributed by atoms with E-state index in [1.54, 1.807) is 30.1 Å². The van der Waals surface area contributed by atoms with Gasteiger partial charge in [-0.25, -0.2) is 9.37 Å². The van der Waals surface area contributed by atoms with E-state index in [4.69, 9.17) is 38.8 Å². The van der Waals surface area contributed by atoms with Gasteiger partial charge in [0.1, 0.15) is 11.9 Å². The maximum atomic E-state index is 13.9. The molecule has 0 radical (unpaired) electrons. The zero-order valence-electron chi connectivity index (χ0n) is 16.4. The molecule has 3 N–H and O–H groups in total. The van der Waals surface area contributed by atoms with Gasteiger partial charge in [0, 0.05) is 40.7 Å². The molecular weight excluding hydrogens is 446 g/mol. The predicted octanol–water partition coefficient (Wildman–Crippen LogP) is 4.83. The molecule has 1 aliphatic rings. The van der Waals surface area contributed by atoms with Gasteiger partial charge in [0.15, 0.2) is 11.6 Å². The van der Waals surface area contributed by atoms with Gasteiger partial charge in [-0.05, 0) is 37.5 Å². The summed E-state index contributed by atoms with van der Waals surface area (Å²) in [6.07, 6.45) is 5.06. The largest absolute Gasteiger partial charge is 0.482 e. The van der Waals surface area contributed by atoms with Crippen molar-refractivity contribution < 1.29 is 19.0 Å². The van der Waals surface area contributed by atoms with Crippen molar-refractivity contribution in [3.05, 3.63) is 58.2 Å². The molecule has 0 amide bonds. The van der Waals surface area contributed by atoms with Crippen molar-refractivity contribution in [1.82, 2.24) is 14.8 Å². The number of aromatic nitrogens is 3. The maximum absolute atomic E-state index is 13.9. The van der Waals surface area contributed by atoms with Gasteiger partial charge >= 0.3 is 5.97 Å². The van der Waals surface area contributed by atoms with Crippen molar-refractivity contribution in [1.29, 1.82) is 0 Å². The molecule has 3 unspecified atom stereocenters. The fourth-order valence-corrected chi connectivity index (χ4v) is 4.15. The number of carboxylic acid groups (broad SMARTS) is 1. The lowest BCUT2D eigenvalue weighted by Crippen LogP contribution is -2.08. The predicted molar refractivity (Wildman–Crippen MR) is 115 cm³/mol. The Labute approximate surface area is 187 Å². The summed E-state index contributed by atoms with van der Waals surface area (Å²) in [5.74, 6) is -1.11. The second-order valence-electron chi connectivity index (χ2n) is 7.52. The number of carbonyl (C=O) groups is 1. The average molecular weight is 465 g/mol. The van der Waals surface area contributed by atoms with E-state index < -0.39 is 17.9 Å². The molecule has 31 heavy (non-hydrogen) atoms. The molecule has 4 rings (SSSR count). The number of nitrogen functional groups attached to an aromatic ring is 1. The number of benzene rings is 1. The summed E-state index contributed by atoms with van der Waals surface area (Å²) < 4.78 is 21.5. The normalized spacial score (nSPS) is 18.6. The standard InChI is InChI=1S/C21H19Cl2FN4O3/c1-10(18-15(22)2-3-16(24)19(18)23)31-17-5-11(6-26-20(17)25)13-7-27-28(9-13)8-12-4-14(12)21(29)30/h2-3,5-7,9-10,12,14H,4,8H2,1H3,(H2,25,26)(H,29,30). The highest BCUT2D eigenvalue weighted by molar-refractivity contribution is 6.36.